The highest BCUT2D eigenvalue weighted by Gasteiger charge is 2.25. The summed E-state index contributed by atoms with van der Waals surface area (Å²) in [6, 6.07) is 0. The summed E-state index contributed by atoms with van der Waals surface area (Å²) in [7, 11) is 1.80. The zero-order valence-electron chi connectivity index (χ0n) is 12.1. The first-order valence-corrected chi connectivity index (χ1v) is 7.47. The highest BCUT2D eigenvalue weighted by molar-refractivity contribution is 7.09. The average Bonchev–Trinajstić information content (AvgIpc) is 2.87. The molecule has 7 heteroatoms. The molecular formula is C13H22ClN3O2S. The highest BCUT2D eigenvalue weighted by atomic mass is 35.5. The predicted molar refractivity (Wildman–Crippen MR) is 82.5 cm³/mol. The van der Waals surface area contributed by atoms with Crippen LogP contribution in [0.3, 0.4) is 0 Å². The molecule has 0 aromatic carbocycles. The van der Waals surface area contributed by atoms with Crippen molar-refractivity contribution in [3.05, 3.63) is 16.1 Å². The molecule has 5 nitrogen and oxygen atoms in total. The number of morpholine rings is 1. The van der Waals surface area contributed by atoms with Crippen molar-refractivity contribution >= 4 is 29.7 Å². The van der Waals surface area contributed by atoms with Gasteiger partial charge < -0.3 is 15.0 Å². The van der Waals surface area contributed by atoms with Gasteiger partial charge in [0.2, 0.25) is 0 Å². The largest absolute Gasteiger partial charge is 0.366 e. The molecule has 20 heavy (non-hydrogen) atoms. The third-order valence-corrected chi connectivity index (χ3v) is 4.24. The molecule has 0 spiro atoms. The van der Waals surface area contributed by atoms with Crippen LogP contribution in [0.25, 0.3) is 0 Å². The minimum absolute atomic E-state index is 0. The monoisotopic (exact) mass is 319 g/mol. The van der Waals surface area contributed by atoms with E-state index >= 15 is 0 Å². The van der Waals surface area contributed by atoms with Gasteiger partial charge in [0.25, 0.3) is 5.91 Å². The van der Waals surface area contributed by atoms with Crippen molar-refractivity contribution in [1.82, 2.24) is 15.2 Å². The summed E-state index contributed by atoms with van der Waals surface area (Å²) in [4.78, 5) is 18.4. The van der Waals surface area contributed by atoms with E-state index in [1.165, 1.54) is 0 Å². The second-order valence-electron chi connectivity index (χ2n) is 5.09. The van der Waals surface area contributed by atoms with Gasteiger partial charge in [0.15, 0.2) is 0 Å². The number of hydrogen-bond acceptors (Lipinski definition) is 5. The van der Waals surface area contributed by atoms with Gasteiger partial charge in [0, 0.05) is 31.4 Å². The lowest BCUT2D eigenvalue weighted by Crippen LogP contribution is -2.48. The predicted octanol–water partition coefficient (Wildman–Crippen LogP) is 1.64. The summed E-state index contributed by atoms with van der Waals surface area (Å²) in [6.07, 6.45) is -0.359. The van der Waals surface area contributed by atoms with Gasteiger partial charge in [-0.2, -0.15) is 0 Å². The van der Waals surface area contributed by atoms with Gasteiger partial charge in [0.1, 0.15) is 6.10 Å². The van der Waals surface area contributed by atoms with Gasteiger partial charge >= 0.3 is 0 Å². The topological polar surface area (TPSA) is 54.5 Å². The van der Waals surface area contributed by atoms with Crippen LogP contribution in [0.2, 0.25) is 0 Å². The van der Waals surface area contributed by atoms with Crippen molar-refractivity contribution in [2.75, 3.05) is 26.7 Å². The number of likely N-dealkylation sites (N-methyl/N-ethyl adjacent to an activating group) is 1. The summed E-state index contributed by atoms with van der Waals surface area (Å²) in [5.74, 6) is 0.455. The Bertz CT molecular complexity index is 433. The Morgan fingerprint density at radius 3 is 2.95 bits per heavy atom. The van der Waals surface area contributed by atoms with E-state index in [1.807, 2.05) is 5.38 Å². The van der Waals surface area contributed by atoms with E-state index in [0.717, 1.165) is 17.2 Å². The quantitative estimate of drug-likeness (QED) is 0.916. The molecule has 1 amide bonds. The van der Waals surface area contributed by atoms with Crippen LogP contribution in [0.5, 0.6) is 0 Å². The van der Waals surface area contributed by atoms with Crippen LogP contribution in [-0.2, 0) is 16.1 Å². The fourth-order valence-corrected chi connectivity index (χ4v) is 2.78. The number of nitrogens with zero attached hydrogens (tertiary/aromatic N) is 2. The smallest absolute Gasteiger partial charge is 0.253 e. The van der Waals surface area contributed by atoms with Crippen LogP contribution < -0.4 is 5.32 Å². The van der Waals surface area contributed by atoms with Crippen LogP contribution >= 0.6 is 23.7 Å². The molecule has 114 valence electrons. The van der Waals surface area contributed by atoms with Crippen LogP contribution in [0.15, 0.2) is 5.38 Å². The van der Waals surface area contributed by atoms with Gasteiger partial charge in [-0.15, -0.1) is 23.7 Å². The summed E-state index contributed by atoms with van der Waals surface area (Å²) in [6.45, 7) is 6.80. The standard InChI is InChI=1S/C13H21N3O2S.ClH/c1-9(2)12-15-10(8-19-12)7-16(3)13(17)11-6-14-4-5-18-11;/h8-9,11,14H,4-7H2,1-3H3;1H. The molecule has 1 aromatic rings. The van der Waals surface area contributed by atoms with Gasteiger partial charge in [-0.1, -0.05) is 13.8 Å². The molecule has 1 atom stereocenters. The minimum Gasteiger partial charge on any atom is -0.366 e. The number of rotatable bonds is 4. The fourth-order valence-electron chi connectivity index (χ4n) is 1.95. The number of halogens is 1. The SMILES string of the molecule is CC(C)c1nc(CN(C)C(=O)C2CNCCO2)cs1.Cl. The number of aromatic nitrogens is 1. The summed E-state index contributed by atoms with van der Waals surface area (Å²) >= 11 is 1.65. The van der Waals surface area contributed by atoms with Crippen LogP contribution in [0.1, 0.15) is 30.5 Å². The molecule has 0 radical (unpaired) electrons. The molecule has 0 bridgehead atoms. The molecule has 1 aromatic heterocycles. The second kappa shape index (κ2) is 7.93. The number of thiazole rings is 1. The fraction of sp³-hybridized carbons (Fsp3) is 0.692. The zero-order valence-corrected chi connectivity index (χ0v) is 13.7. The first-order chi connectivity index (χ1) is 9.08. The van der Waals surface area contributed by atoms with Crippen molar-refractivity contribution in [3.63, 3.8) is 0 Å². The minimum atomic E-state index is -0.359. The van der Waals surface area contributed by atoms with Crippen molar-refractivity contribution < 1.29 is 9.53 Å². The molecule has 1 saturated heterocycles. The van der Waals surface area contributed by atoms with Crippen LogP contribution in [0.4, 0.5) is 0 Å². The molecular weight excluding hydrogens is 298 g/mol. The Morgan fingerprint density at radius 1 is 1.65 bits per heavy atom. The first kappa shape index (κ1) is 17.4. The van der Waals surface area contributed by atoms with E-state index in [0.29, 0.717) is 25.6 Å². The molecule has 0 saturated carbocycles. The van der Waals surface area contributed by atoms with E-state index in [2.05, 4.69) is 24.1 Å². The van der Waals surface area contributed by atoms with E-state index in [9.17, 15) is 4.79 Å². The number of nitrogens with one attached hydrogen (secondary N) is 1. The van der Waals surface area contributed by atoms with E-state index in [4.69, 9.17) is 4.74 Å². The lowest BCUT2D eigenvalue weighted by molar-refractivity contribution is -0.144. The zero-order chi connectivity index (χ0) is 13.8. The molecule has 1 unspecified atom stereocenters. The number of carbonyl (C=O) groups excluding carboxylic acids is 1. The van der Waals surface area contributed by atoms with Gasteiger partial charge in [-0.05, 0) is 0 Å². The maximum Gasteiger partial charge on any atom is 0.253 e. The Morgan fingerprint density at radius 2 is 2.40 bits per heavy atom. The van der Waals surface area contributed by atoms with Crippen molar-refractivity contribution in [2.24, 2.45) is 0 Å². The van der Waals surface area contributed by atoms with Gasteiger partial charge in [-0.3, -0.25) is 4.79 Å². The van der Waals surface area contributed by atoms with Crippen molar-refractivity contribution in [2.45, 2.75) is 32.4 Å². The molecule has 1 aliphatic heterocycles. The summed E-state index contributed by atoms with van der Waals surface area (Å²) < 4.78 is 5.47. The molecule has 0 aliphatic carbocycles. The van der Waals surface area contributed by atoms with Crippen molar-refractivity contribution in [3.8, 4) is 0 Å². The number of hydrogen-bond donors (Lipinski definition) is 1. The lowest BCUT2D eigenvalue weighted by atomic mass is 10.2. The molecule has 1 aliphatic rings. The normalized spacial score (nSPS) is 18.7. The van der Waals surface area contributed by atoms with Gasteiger partial charge in [0.05, 0.1) is 23.9 Å². The van der Waals surface area contributed by atoms with E-state index in [-0.39, 0.29) is 24.4 Å². The van der Waals surface area contributed by atoms with Crippen molar-refractivity contribution in [1.29, 1.82) is 0 Å². The van der Waals surface area contributed by atoms with Gasteiger partial charge in [-0.25, -0.2) is 4.98 Å². The average molecular weight is 320 g/mol. The Hall–Kier alpha value is -0.690. The maximum absolute atomic E-state index is 12.2. The third-order valence-electron chi connectivity index (χ3n) is 3.04. The summed E-state index contributed by atoms with van der Waals surface area (Å²) in [5.41, 5.74) is 0.952. The molecule has 1 fully saturated rings. The second-order valence-corrected chi connectivity index (χ2v) is 5.98. The van der Waals surface area contributed by atoms with E-state index in [1.54, 1.807) is 23.3 Å². The molecule has 1 N–H and O–H groups in total. The Labute approximate surface area is 130 Å². The first-order valence-electron chi connectivity index (χ1n) is 6.59. The van der Waals surface area contributed by atoms with E-state index < -0.39 is 0 Å². The molecule has 2 rings (SSSR count). The Balaban J connectivity index is 0.00000200. The number of ether oxygens (including phenoxy) is 1. The lowest BCUT2D eigenvalue weighted by Gasteiger charge is -2.26. The molecule has 2 heterocycles. The highest BCUT2D eigenvalue weighted by Crippen LogP contribution is 2.20. The van der Waals surface area contributed by atoms with Crippen LogP contribution in [-0.4, -0.2) is 48.6 Å². The number of amides is 1. The third kappa shape index (κ3) is 4.41. The Kier molecular flexibility index (Phi) is 6.88. The van der Waals surface area contributed by atoms with Crippen LogP contribution in [0, 0.1) is 0 Å². The number of carbonyl (C=O) groups is 1. The maximum atomic E-state index is 12.2. The summed E-state index contributed by atoms with van der Waals surface area (Å²) in [5, 5.41) is 6.31.